The molecule has 1 aliphatic rings. The number of halogens is 1. The number of H-pyrrole nitrogens is 1. The summed E-state index contributed by atoms with van der Waals surface area (Å²) in [5.41, 5.74) is 2.58. The highest BCUT2D eigenvalue weighted by atomic mass is 35.5. The quantitative estimate of drug-likeness (QED) is 0.894. The van der Waals surface area contributed by atoms with E-state index < -0.39 is 0 Å². The summed E-state index contributed by atoms with van der Waals surface area (Å²) in [5, 5.41) is 7.21. The van der Waals surface area contributed by atoms with Crippen LogP contribution >= 0.6 is 11.6 Å². The largest absolute Gasteiger partial charge is 0.341 e. The molecule has 1 aromatic heterocycles. The minimum atomic E-state index is -0.0160. The number of amides is 2. The first-order chi connectivity index (χ1) is 12.5. The third-order valence-corrected chi connectivity index (χ3v) is 4.98. The second-order valence-electron chi connectivity index (χ2n) is 6.59. The fourth-order valence-electron chi connectivity index (χ4n) is 3.19. The molecule has 2 amide bonds. The Bertz CT molecular complexity index is 776. The predicted molar refractivity (Wildman–Crippen MR) is 100 cm³/mol. The van der Waals surface area contributed by atoms with Crippen LogP contribution in [-0.2, 0) is 11.2 Å². The minimum Gasteiger partial charge on any atom is -0.341 e. The molecule has 1 N–H and O–H groups in total. The predicted octanol–water partition coefficient (Wildman–Crippen LogP) is 2.68. The van der Waals surface area contributed by atoms with Crippen molar-refractivity contribution in [1.29, 1.82) is 0 Å². The number of hydrogen-bond acceptors (Lipinski definition) is 3. The standard InChI is InChI=1S/C19H23ClN4O2/c1-14-3-5-16(20)11-17(14)19(26)24-8-2-7-23(9-10-24)18(25)6-4-15-12-21-22-13-15/h3,5,11-13H,2,4,6-10H2,1H3,(H,21,22). The van der Waals surface area contributed by atoms with Crippen LogP contribution in [0, 0.1) is 6.92 Å². The first-order valence-corrected chi connectivity index (χ1v) is 9.23. The van der Waals surface area contributed by atoms with E-state index in [1.165, 1.54) is 0 Å². The smallest absolute Gasteiger partial charge is 0.254 e. The van der Waals surface area contributed by atoms with Gasteiger partial charge in [-0.15, -0.1) is 0 Å². The van der Waals surface area contributed by atoms with Crippen LogP contribution in [0.25, 0.3) is 0 Å². The van der Waals surface area contributed by atoms with Gasteiger partial charge in [-0.05, 0) is 43.0 Å². The molecule has 138 valence electrons. The monoisotopic (exact) mass is 374 g/mol. The summed E-state index contributed by atoms with van der Waals surface area (Å²) in [6, 6.07) is 5.37. The Hall–Kier alpha value is -2.34. The van der Waals surface area contributed by atoms with Gasteiger partial charge in [-0.3, -0.25) is 14.7 Å². The molecule has 1 fully saturated rings. The molecule has 6 nitrogen and oxygen atoms in total. The molecule has 3 rings (SSSR count). The maximum absolute atomic E-state index is 12.8. The minimum absolute atomic E-state index is 0.0160. The van der Waals surface area contributed by atoms with Gasteiger partial charge >= 0.3 is 0 Å². The topological polar surface area (TPSA) is 69.3 Å². The summed E-state index contributed by atoms with van der Waals surface area (Å²) in [5.74, 6) is 0.108. The molecule has 0 unspecified atom stereocenters. The van der Waals surface area contributed by atoms with E-state index in [2.05, 4.69) is 10.2 Å². The van der Waals surface area contributed by atoms with E-state index in [-0.39, 0.29) is 11.8 Å². The lowest BCUT2D eigenvalue weighted by molar-refractivity contribution is -0.131. The van der Waals surface area contributed by atoms with Crippen molar-refractivity contribution in [3.05, 3.63) is 52.3 Å². The molecule has 0 radical (unpaired) electrons. The molecule has 0 atom stereocenters. The van der Waals surface area contributed by atoms with Gasteiger partial charge in [0.1, 0.15) is 0 Å². The molecule has 2 aromatic rings. The van der Waals surface area contributed by atoms with Crippen LogP contribution in [-0.4, -0.2) is 58.0 Å². The molecule has 1 aliphatic heterocycles. The number of nitrogens with zero attached hydrogens (tertiary/aromatic N) is 3. The number of hydrogen-bond donors (Lipinski definition) is 1. The van der Waals surface area contributed by atoms with Gasteiger partial charge in [0.2, 0.25) is 5.91 Å². The molecular formula is C19H23ClN4O2. The van der Waals surface area contributed by atoms with Crippen molar-refractivity contribution in [3.8, 4) is 0 Å². The van der Waals surface area contributed by atoms with Gasteiger partial charge < -0.3 is 9.80 Å². The zero-order chi connectivity index (χ0) is 18.5. The van der Waals surface area contributed by atoms with E-state index in [1.54, 1.807) is 18.3 Å². The molecule has 1 saturated heterocycles. The Kier molecular flexibility index (Phi) is 5.93. The number of aromatic amines is 1. The Morgan fingerprint density at radius 3 is 2.73 bits per heavy atom. The third kappa shape index (κ3) is 4.43. The van der Waals surface area contributed by atoms with Gasteiger partial charge in [0.05, 0.1) is 6.20 Å². The number of benzene rings is 1. The SMILES string of the molecule is Cc1ccc(Cl)cc1C(=O)N1CCCN(C(=O)CCc2cn[nH]c2)CC1. The maximum Gasteiger partial charge on any atom is 0.254 e. The molecule has 0 spiro atoms. The summed E-state index contributed by atoms with van der Waals surface area (Å²) >= 11 is 6.04. The van der Waals surface area contributed by atoms with Crippen molar-refractivity contribution < 1.29 is 9.59 Å². The highest BCUT2D eigenvalue weighted by Crippen LogP contribution is 2.18. The molecule has 2 heterocycles. The average Bonchev–Trinajstić information content (AvgIpc) is 3.03. The first kappa shape index (κ1) is 18.5. The van der Waals surface area contributed by atoms with Crippen LogP contribution in [0.5, 0.6) is 0 Å². The van der Waals surface area contributed by atoms with Gasteiger partial charge in [-0.2, -0.15) is 5.10 Å². The fraction of sp³-hybridized carbons (Fsp3) is 0.421. The van der Waals surface area contributed by atoms with Crippen molar-refractivity contribution >= 4 is 23.4 Å². The van der Waals surface area contributed by atoms with Gasteiger partial charge in [0.25, 0.3) is 5.91 Å². The van der Waals surface area contributed by atoms with E-state index in [9.17, 15) is 9.59 Å². The molecule has 0 bridgehead atoms. The second kappa shape index (κ2) is 8.36. The van der Waals surface area contributed by atoms with E-state index in [4.69, 9.17) is 11.6 Å². The van der Waals surface area contributed by atoms with Crippen molar-refractivity contribution in [2.24, 2.45) is 0 Å². The van der Waals surface area contributed by atoms with Crippen molar-refractivity contribution in [1.82, 2.24) is 20.0 Å². The van der Waals surface area contributed by atoms with E-state index >= 15 is 0 Å². The van der Waals surface area contributed by atoms with Crippen LogP contribution in [0.15, 0.2) is 30.6 Å². The lowest BCUT2D eigenvalue weighted by Gasteiger charge is -2.23. The molecule has 7 heteroatoms. The Labute approximate surface area is 158 Å². The second-order valence-corrected chi connectivity index (χ2v) is 7.03. The number of nitrogens with one attached hydrogen (secondary N) is 1. The van der Waals surface area contributed by atoms with Crippen molar-refractivity contribution in [2.45, 2.75) is 26.2 Å². The Balaban J connectivity index is 1.58. The fourth-order valence-corrected chi connectivity index (χ4v) is 3.36. The molecule has 0 saturated carbocycles. The van der Waals surface area contributed by atoms with Crippen LogP contribution in [0.1, 0.15) is 34.3 Å². The molecular weight excluding hydrogens is 352 g/mol. The Morgan fingerprint density at radius 2 is 1.96 bits per heavy atom. The van der Waals surface area contributed by atoms with Crippen LogP contribution in [0.2, 0.25) is 5.02 Å². The summed E-state index contributed by atoms with van der Waals surface area (Å²) in [4.78, 5) is 29.0. The van der Waals surface area contributed by atoms with Crippen molar-refractivity contribution in [3.63, 3.8) is 0 Å². The molecule has 1 aromatic carbocycles. The molecule has 0 aliphatic carbocycles. The van der Waals surface area contributed by atoms with E-state index in [1.807, 2.05) is 29.0 Å². The number of carbonyl (C=O) groups is 2. The number of rotatable bonds is 4. The summed E-state index contributed by atoms with van der Waals surface area (Å²) in [6.07, 6.45) is 5.47. The maximum atomic E-state index is 12.8. The van der Waals surface area contributed by atoms with E-state index in [0.29, 0.717) is 49.6 Å². The lowest BCUT2D eigenvalue weighted by Crippen LogP contribution is -2.37. The van der Waals surface area contributed by atoms with E-state index in [0.717, 1.165) is 17.5 Å². The lowest BCUT2D eigenvalue weighted by atomic mass is 10.1. The van der Waals surface area contributed by atoms with Gasteiger partial charge in [-0.1, -0.05) is 17.7 Å². The van der Waals surface area contributed by atoms with Gasteiger partial charge in [0.15, 0.2) is 0 Å². The van der Waals surface area contributed by atoms with Crippen LogP contribution < -0.4 is 0 Å². The normalized spacial score (nSPS) is 15.0. The van der Waals surface area contributed by atoms with Crippen LogP contribution in [0.4, 0.5) is 0 Å². The van der Waals surface area contributed by atoms with Crippen LogP contribution in [0.3, 0.4) is 0 Å². The highest BCUT2D eigenvalue weighted by Gasteiger charge is 2.23. The number of aryl methyl sites for hydroxylation is 2. The summed E-state index contributed by atoms with van der Waals surface area (Å²) in [6.45, 7) is 4.35. The Morgan fingerprint density at radius 1 is 1.19 bits per heavy atom. The highest BCUT2D eigenvalue weighted by molar-refractivity contribution is 6.31. The average molecular weight is 375 g/mol. The third-order valence-electron chi connectivity index (χ3n) is 4.75. The zero-order valence-corrected chi connectivity index (χ0v) is 15.6. The molecule has 26 heavy (non-hydrogen) atoms. The number of carbonyl (C=O) groups excluding carboxylic acids is 2. The number of aromatic nitrogens is 2. The first-order valence-electron chi connectivity index (χ1n) is 8.85. The zero-order valence-electron chi connectivity index (χ0n) is 14.9. The van der Waals surface area contributed by atoms with Gasteiger partial charge in [-0.25, -0.2) is 0 Å². The summed E-state index contributed by atoms with van der Waals surface area (Å²) in [7, 11) is 0. The van der Waals surface area contributed by atoms with Gasteiger partial charge in [0, 0.05) is 49.4 Å². The summed E-state index contributed by atoms with van der Waals surface area (Å²) < 4.78 is 0. The van der Waals surface area contributed by atoms with Crippen molar-refractivity contribution in [2.75, 3.05) is 26.2 Å².